The minimum absolute atomic E-state index is 0.0149. The molecular weight excluding hydrogens is 1350 g/mol. The van der Waals surface area contributed by atoms with Gasteiger partial charge in [0.2, 0.25) is 47.1 Å². The second-order valence-corrected chi connectivity index (χ2v) is 33.7. The van der Waals surface area contributed by atoms with Crippen molar-refractivity contribution in [2.24, 2.45) is 47.3 Å². The molecule has 4 aromatic heterocycles. The molecule has 8 aromatic rings. The van der Waals surface area contributed by atoms with E-state index in [1.807, 2.05) is 150 Å². The number of aromatic nitrogens is 4. The molecule has 0 bridgehead atoms. The molecule has 8 aliphatic rings. The van der Waals surface area contributed by atoms with E-state index < -0.39 is 0 Å². The molecule has 4 aliphatic carbocycles. The van der Waals surface area contributed by atoms with Gasteiger partial charge in [-0.3, -0.25) is 19.2 Å². The summed E-state index contributed by atoms with van der Waals surface area (Å²) in [7, 11) is 0. The molecule has 568 valence electrons. The monoisotopic (exact) mass is 1460 g/mol. The molecule has 4 aliphatic heterocycles. The largest absolute Gasteiger partial charge is 0.476 e. The second kappa shape index (κ2) is 32.8. The van der Waals surface area contributed by atoms with Crippen molar-refractivity contribution in [2.45, 2.75) is 207 Å². The summed E-state index contributed by atoms with van der Waals surface area (Å²) < 4.78 is 23.6. The maximum absolute atomic E-state index is 12.7. The van der Waals surface area contributed by atoms with Gasteiger partial charge in [0.25, 0.3) is 0 Å². The Morgan fingerprint density at radius 3 is 0.648 bits per heavy atom. The Morgan fingerprint density at radius 1 is 0.296 bits per heavy atom. The lowest BCUT2D eigenvalue weighted by molar-refractivity contribution is -0.122. The van der Waals surface area contributed by atoms with Crippen molar-refractivity contribution >= 4 is 46.4 Å². The molecule has 0 saturated heterocycles. The summed E-state index contributed by atoms with van der Waals surface area (Å²) >= 11 is 0. The minimum Gasteiger partial charge on any atom is -0.476 e. The third kappa shape index (κ3) is 17.2. The second-order valence-electron chi connectivity index (χ2n) is 33.7. The van der Waals surface area contributed by atoms with E-state index in [1.165, 1.54) is 66.8 Å². The van der Waals surface area contributed by atoms with Gasteiger partial charge in [0.05, 0.1) is 26.4 Å². The Morgan fingerprint density at radius 2 is 0.472 bits per heavy atom. The van der Waals surface area contributed by atoms with Crippen molar-refractivity contribution in [1.29, 1.82) is 0 Å². The van der Waals surface area contributed by atoms with Gasteiger partial charge in [-0.25, -0.2) is 19.9 Å². The first-order valence-corrected chi connectivity index (χ1v) is 39.8. The number of nitrogens with one attached hydrogen (secondary N) is 4. The molecule has 4 saturated carbocycles. The van der Waals surface area contributed by atoms with E-state index in [0.717, 1.165) is 175 Å². The van der Waals surface area contributed by atoms with Crippen LogP contribution in [-0.2, 0) is 40.8 Å². The molecular formula is C92H112N8O8. The molecule has 4 aromatic carbocycles. The summed E-state index contributed by atoms with van der Waals surface area (Å²) in [6.45, 7) is 27.7. The number of hydrogen-bond donors (Lipinski definition) is 4. The molecule has 4 fully saturated rings. The van der Waals surface area contributed by atoms with Crippen LogP contribution in [0.1, 0.15) is 197 Å². The van der Waals surface area contributed by atoms with Crippen LogP contribution in [0.25, 0.3) is 0 Å². The van der Waals surface area contributed by atoms with E-state index in [4.69, 9.17) is 18.9 Å². The number of rotatable bonds is 12. The number of aryl methyl sites for hydroxylation is 8. The molecule has 16 heteroatoms. The average Bonchev–Trinajstić information content (AvgIpc) is 1.61. The molecule has 4 amide bonds. The zero-order valence-corrected chi connectivity index (χ0v) is 65.7. The number of ether oxygens (including phenoxy) is 4. The average molecular weight is 1460 g/mol. The Balaban J connectivity index is 0.000000127. The van der Waals surface area contributed by atoms with E-state index in [9.17, 15) is 19.2 Å². The van der Waals surface area contributed by atoms with Crippen LogP contribution in [0.5, 0.6) is 23.5 Å². The number of nitrogens with zero attached hydrogens (tertiary/aromatic N) is 4. The van der Waals surface area contributed by atoms with Crippen LogP contribution in [0.15, 0.2) is 146 Å². The number of benzene rings is 4. The smallest absolute Gasteiger partial charge is 0.227 e. The maximum atomic E-state index is 12.7. The molecule has 4 spiro atoms. The SMILES string of the molecule is Cc1ccc(NC(=O)[C@@H](C)C2CCC3(CC2)COc2ncc(C)cc23)cc1.Cc1ccc(NC(=O)[C@@H](C)C2CCC3(CC2)COc2ncc(C)cc23)cc1.Cc1ccc(NC(=O)[C@H](C)C2CCC3(CC2)COc2ncc(C)cc23)cc1.Cc1ccc(NC(=O)[C@H](C)C2CCC3(CC2)COc2ncc(C)cc23)cc1. The van der Waals surface area contributed by atoms with Crippen molar-refractivity contribution in [3.05, 3.63) is 213 Å². The molecule has 16 rings (SSSR count). The van der Waals surface area contributed by atoms with E-state index in [-0.39, 0.29) is 69.0 Å². The quantitative estimate of drug-likeness (QED) is 0.0902. The summed E-state index contributed by atoms with van der Waals surface area (Å²) in [5.74, 6) is 5.48. The van der Waals surface area contributed by atoms with Crippen LogP contribution in [0.3, 0.4) is 0 Å². The molecule has 8 heterocycles. The zero-order chi connectivity index (χ0) is 76.1. The number of carbonyl (C=O) groups excluding carboxylic acids is 4. The lowest BCUT2D eigenvalue weighted by Gasteiger charge is -2.38. The molecule has 4 N–H and O–H groups in total. The lowest BCUT2D eigenvalue weighted by Crippen LogP contribution is -2.37. The number of carbonyl (C=O) groups is 4. The first-order valence-electron chi connectivity index (χ1n) is 39.8. The third-order valence-electron chi connectivity index (χ3n) is 25.9. The molecule has 0 unspecified atom stereocenters. The van der Waals surface area contributed by atoms with Crippen LogP contribution in [-0.4, -0.2) is 70.0 Å². The van der Waals surface area contributed by atoms with Gasteiger partial charge in [0.15, 0.2) is 0 Å². The van der Waals surface area contributed by atoms with Gasteiger partial charge in [-0.05, 0) is 277 Å². The van der Waals surface area contributed by atoms with Crippen molar-refractivity contribution in [2.75, 3.05) is 47.7 Å². The highest BCUT2D eigenvalue weighted by molar-refractivity contribution is 5.94. The third-order valence-corrected chi connectivity index (χ3v) is 25.9. The van der Waals surface area contributed by atoms with Crippen LogP contribution >= 0.6 is 0 Å². The number of amides is 4. The summed E-state index contributed by atoms with van der Waals surface area (Å²) in [5, 5.41) is 12.3. The summed E-state index contributed by atoms with van der Waals surface area (Å²) in [6, 6.07) is 40.9. The van der Waals surface area contributed by atoms with Crippen LogP contribution in [0.2, 0.25) is 0 Å². The van der Waals surface area contributed by atoms with Crippen LogP contribution in [0, 0.1) is 103 Å². The fourth-order valence-corrected chi connectivity index (χ4v) is 18.2. The molecule has 108 heavy (non-hydrogen) atoms. The molecule has 16 nitrogen and oxygen atoms in total. The Hall–Kier alpha value is -9.44. The number of anilines is 4. The van der Waals surface area contributed by atoms with E-state index in [2.05, 4.69) is 121 Å². The van der Waals surface area contributed by atoms with Crippen molar-refractivity contribution < 1.29 is 38.1 Å². The lowest BCUT2D eigenvalue weighted by atomic mass is 9.65. The minimum atomic E-state index is 0.0149. The van der Waals surface area contributed by atoms with Crippen molar-refractivity contribution in [1.82, 2.24) is 19.9 Å². The van der Waals surface area contributed by atoms with E-state index >= 15 is 0 Å². The van der Waals surface area contributed by atoms with Crippen molar-refractivity contribution in [3.63, 3.8) is 0 Å². The first-order chi connectivity index (χ1) is 51.9. The number of pyridine rings is 4. The van der Waals surface area contributed by atoms with Gasteiger partial charge in [-0.1, -0.05) is 98.5 Å². The van der Waals surface area contributed by atoms with Gasteiger partial charge in [-0.2, -0.15) is 0 Å². The number of fused-ring (bicyclic) bond motifs is 8. The highest BCUT2D eigenvalue weighted by Gasteiger charge is 2.50. The summed E-state index contributed by atoms with van der Waals surface area (Å²) in [4.78, 5) is 68.7. The van der Waals surface area contributed by atoms with Gasteiger partial charge in [0.1, 0.15) is 0 Å². The predicted molar refractivity (Wildman–Crippen MR) is 428 cm³/mol. The standard InChI is InChI=1S/4C23H28N2O2/c4*1-15-4-6-19(7-5-15)25-21(26)17(3)18-8-10-23(11-9-18)14-27-22-20(23)12-16(2)13-24-22/h4*4-7,12-13,17-18H,8-11,14H2,1-3H3,(H,25,26)/t4*17-,18?,23?/m1100/s1. The molecule has 4 atom stereocenters. The van der Waals surface area contributed by atoms with Gasteiger partial charge < -0.3 is 40.2 Å². The predicted octanol–water partition coefficient (Wildman–Crippen LogP) is 19.2. The van der Waals surface area contributed by atoms with Crippen LogP contribution < -0.4 is 40.2 Å². The van der Waals surface area contributed by atoms with E-state index in [0.29, 0.717) is 23.7 Å². The van der Waals surface area contributed by atoms with Gasteiger partial charge >= 0.3 is 0 Å². The summed E-state index contributed by atoms with van der Waals surface area (Å²) in [6.07, 6.45) is 24.5. The van der Waals surface area contributed by atoms with Crippen LogP contribution in [0.4, 0.5) is 22.7 Å². The van der Waals surface area contributed by atoms with Gasteiger partial charge in [-0.15, -0.1) is 0 Å². The van der Waals surface area contributed by atoms with Gasteiger partial charge in [0, 0.05) is 115 Å². The summed E-state index contributed by atoms with van der Waals surface area (Å²) in [5.41, 5.74) is 18.5. The zero-order valence-electron chi connectivity index (χ0n) is 65.7. The maximum Gasteiger partial charge on any atom is 0.227 e. The van der Waals surface area contributed by atoms with E-state index in [1.54, 1.807) is 0 Å². The Kier molecular flexibility index (Phi) is 23.3. The highest BCUT2D eigenvalue weighted by atomic mass is 16.5. The first kappa shape index (κ1) is 76.7. The number of hydrogen-bond acceptors (Lipinski definition) is 12. The fraction of sp³-hybridized carbons (Fsp3) is 0.478. The van der Waals surface area contributed by atoms with Crippen molar-refractivity contribution in [3.8, 4) is 23.5 Å². The highest BCUT2D eigenvalue weighted by Crippen LogP contribution is 2.54. The Labute approximate surface area is 639 Å². The normalized spacial score (nSPS) is 24.9. The molecule has 0 radical (unpaired) electrons. The topological polar surface area (TPSA) is 205 Å². The Bertz CT molecular complexity index is 3920. The fourth-order valence-electron chi connectivity index (χ4n) is 18.2.